The van der Waals surface area contributed by atoms with E-state index in [-0.39, 0.29) is 0 Å². The van der Waals surface area contributed by atoms with E-state index >= 15 is 0 Å². The van der Waals surface area contributed by atoms with E-state index in [9.17, 15) is 4.79 Å². The number of hydrogen-bond acceptors (Lipinski definition) is 3. The molecule has 0 fully saturated rings. The van der Waals surface area contributed by atoms with Gasteiger partial charge in [-0.15, -0.1) is 0 Å². The molecule has 1 aromatic heterocycles. The van der Waals surface area contributed by atoms with Crippen LogP contribution in [0.15, 0.2) is 36.5 Å². The maximum Gasteiger partial charge on any atom is 0.319 e. The lowest BCUT2D eigenvalue weighted by molar-refractivity contribution is 0.254. The normalized spacial score (nSPS) is 13.0. The van der Waals surface area contributed by atoms with Crippen LogP contribution in [0.4, 0.5) is 16.2 Å². The number of fused-ring (bicyclic) bond motifs is 1. The molecule has 2 aromatic rings. The van der Waals surface area contributed by atoms with Crippen molar-refractivity contribution in [3.63, 3.8) is 0 Å². The zero-order valence-electron chi connectivity index (χ0n) is 12.7. The lowest BCUT2D eigenvalue weighted by Gasteiger charge is -2.15. The fraction of sp³-hybridized carbons (Fsp3) is 0.294. The van der Waals surface area contributed by atoms with Crippen molar-refractivity contribution >= 4 is 17.4 Å². The molecule has 1 aliphatic heterocycles. The van der Waals surface area contributed by atoms with Crippen molar-refractivity contribution in [1.29, 1.82) is 0 Å². The Bertz CT molecular complexity index is 682. The van der Waals surface area contributed by atoms with Crippen molar-refractivity contribution in [3.05, 3.63) is 53.3 Å². The maximum absolute atomic E-state index is 11.4. The van der Waals surface area contributed by atoms with E-state index in [0.717, 1.165) is 35.5 Å². The molecule has 1 aliphatic rings. The summed E-state index contributed by atoms with van der Waals surface area (Å²) >= 11 is 0. The minimum atomic E-state index is -0.393. The molecule has 114 valence electrons. The van der Waals surface area contributed by atoms with Gasteiger partial charge < -0.3 is 11.1 Å². The minimum Gasteiger partial charge on any atom is -0.381 e. The van der Waals surface area contributed by atoms with E-state index in [1.165, 1.54) is 5.56 Å². The fourth-order valence-corrected chi connectivity index (χ4v) is 2.69. The van der Waals surface area contributed by atoms with Crippen molar-refractivity contribution in [2.24, 2.45) is 5.73 Å². The number of benzene rings is 1. The summed E-state index contributed by atoms with van der Waals surface area (Å²) in [4.78, 5) is 17.5. The Hall–Kier alpha value is -2.56. The number of nitrogens with two attached hydrogens (primary N) is 1. The number of amides is 2. The highest BCUT2D eigenvalue weighted by molar-refractivity contribution is 5.93. The second kappa shape index (κ2) is 6.05. The molecule has 0 saturated heterocycles. The van der Waals surface area contributed by atoms with Gasteiger partial charge in [0.05, 0.1) is 5.69 Å². The quantitative estimate of drug-likeness (QED) is 0.911. The molecule has 5 nitrogen and oxygen atoms in total. The third kappa shape index (κ3) is 2.88. The molecule has 0 bridgehead atoms. The van der Waals surface area contributed by atoms with Crippen LogP contribution in [0.2, 0.25) is 0 Å². The van der Waals surface area contributed by atoms with Gasteiger partial charge in [-0.2, -0.15) is 0 Å². The Labute approximate surface area is 130 Å². The summed E-state index contributed by atoms with van der Waals surface area (Å²) in [7, 11) is 0. The van der Waals surface area contributed by atoms with Crippen LogP contribution in [0.5, 0.6) is 0 Å². The Kier molecular flexibility index (Phi) is 3.96. The molecule has 0 atom stereocenters. The van der Waals surface area contributed by atoms with Gasteiger partial charge in [-0.25, -0.2) is 4.79 Å². The van der Waals surface area contributed by atoms with Gasteiger partial charge in [0, 0.05) is 30.7 Å². The number of carbonyl (C=O) groups is 1. The number of nitrogens with one attached hydrogen (secondary N) is 1. The standard InChI is InChI=1S/C17H20N4O/c1-2-14-5-3-12(10-19-14)11-20-15-6-4-13-7-8-21(17(18)22)16(13)9-15/h3-6,9-10,20H,2,7-8,11H2,1H3,(H2,18,22). The van der Waals surface area contributed by atoms with Crippen LogP contribution in [-0.2, 0) is 19.4 Å². The van der Waals surface area contributed by atoms with Crippen molar-refractivity contribution in [2.75, 3.05) is 16.8 Å². The molecule has 0 spiro atoms. The van der Waals surface area contributed by atoms with Gasteiger partial charge in [0.2, 0.25) is 0 Å². The summed E-state index contributed by atoms with van der Waals surface area (Å²) in [5, 5.41) is 3.37. The van der Waals surface area contributed by atoms with Gasteiger partial charge in [0.15, 0.2) is 0 Å². The molecule has 0 aliphatic carbocycles. The SMILES string of the molecule is CCc1ccc(CNc2ccc3c(c2)N(C(N)=O)CC3)cn1. The Morgan fingerprint density at radius 2 is 2.23 bits per heavy atom. The van der Waals surface area contributed by atoms with E-state index in [1.807, 2.05) is 18.3 Å². The number of primary amides is 1. The fourth-order valence-electron chi connectivity index (χ4n) is 2.69. The number of aromatic nitrogens is 1. The van der Waals surface area contributed by atoms with E-state index in [0.29, 0.717) is 13.1 Å². The topological polar surface area (TPSA) is 71.2 Å². The summed E-state index contributed by atoms with van der Waals surface area (Å²) in [5.74, 6) is 0. The first-order valence-corrected chi connectivity index (χ1v) is 7.55. The second-order valence-corrected chi connectivity index (χ2v) is 5.45. The van der Waals surface area contributed by atoms with Gasteiger partial charge >= 0.3 is 6.03 Å². The van der Waals surface area contributed by atoms with Gasteiger partial charge in [0.1, 0.15) is 0 Å². The summed E-state index contributed by atoms with van der Waals surface area (Å²) < 4.78 is 0. The Morgan fingerprint density at radius 1 is 1.36 bits per heavy atom. The molecule has 3 rings (SSSR count). The zero-order chi connectivity index (χ0) is 15.5. The number of hydrogen-bond donors (Lipinski definition) is 2. The average Bonchev–Trinajstić information content (AvgIpc) is 2.96. The monoisotopic (exact) mass is 296 g/mol. The average molecular weight is 296 g/mol. The van der Waals surface area contributed by atoms with Crippen LogP contribution < -0.4 is 16.0 Å². The van der Waals surface area contributed by atoms with Crippen molar-refractivity contribution in [1.82, 2.24) is 4.98 Å². The van der Waals surface area contributed by atoms with E-state index in [2.05, 4.69) is 35.4 Å². The Morgan fingerprint density at radius 3 is 2.91 bits per heavy atom. The van der Waals surface area contributed by atoms with Crippen LogP contribution in [0.3, 0.4) is 0 Å². The van der Waals surface area contributed by atoms with Gasteiger partial charge in [-0.3, -0.25) is 9.88 Å². The number of urea groups is 1. The Balaban J connectivity index is 1.70. The molecule has 1 aromatic carbocycles. The van der Waals surface area contributed by atoms with E-state index in [4.69, 9.17) is 5.73 Å². The molecule has 2 heterocycles. The van der Waals surface area contributed by atoms with E-state index in [1.54, 1.807) is 4.90 Å². The third-order valence-electron chi connectivity index (χ3n) is 3.99. The summed E-state index contributed by atoms with van der Waals surface area (Å²) in [6.07, 6.45) is 3.71. The number of pyridine rings is 1. The molecular weight excluding hydrogens is 276 g/mol. The molecule has 5 heteroatoms. The third-order valence-corrected chi connectivity index (χ3v) is 3.99. The molecule has 0 saturated carbocycles. The largest absolute Gasteiger partial charge is 0.381 e. The summed E-state index contributed by atoms with van der Waals surface area (Å²) in [5.41, 5.74) is 10.7. The molecule has 22 heavy (non-hydrogen) atoms. The summed E-state index contributed by atoms with van der Waals surface area (Å²) in [6, 6.07) is 9.82. The van der Waals surface area contributed by atoms with Crippen LogP contribution >= 0.6 is 0 Å². The zero-order valence-corrected chi connectivity index (χ0v) is 12.7. The maximum atomic E-state index is 11.4. The first-order valence-electron chi connectivity index (χ1n) is 7.55. The number of anilines is 2. The van der Waals surface area contributed by atoms with Gasteiger partial charge in [-0.05, 0) is 42.2 Å². The molecule has 3 N–H and O–H groups in total. The van der Waals surface area contributed by atoms with Crippen LogP contribution in [0, 0.1) is 0 Å². The van der Waals surface area contributed by atoms with Gasteiger partial charge in [-0.1, -0.05) is 19.1 Å². The van der Waals surface area contributed by atoms with Crippen LogP contribution in [0.25, 0.3) is 0 Å². The predicted molar refractivity (Wildman–Crippen MR) is 88.0 cm³/mol. The first-order chi connectivity index (χ1) is 10.7. The molecular formula is C17H20N4O. The second-order valence-electron chi connectivity index (χ2n) is 5.45. The van der Waals surface area contributed by atoms with Crippen molar-refractivity contribution in [2.45, 2.75) is 26.3 Å². The van der Waals surface area contributed by atoms with Crippen LogP contribution in [-0.4, -0.2) is 17.6 Å². The summed E-state index contributed by atoms with van der Waals surface area (Å²) in [6.45, 7) is 3.46. The van der Waals surface area contributed by atoms with Gasteiger partial charge in [0.25, 0.3) is 0 Å². The van der Waals surface area contributed by atoms with Crippen LogP contribution in [0.1, 0.15) is 23.7 Å². The highest BCUT2D eigenvalue weighted by atomic mass is 16.2. The number of carbonyl (C=O) groups excluding carboxylic acids is 1. The highest BCUT2D eigenvalue weighted by Gasteiger charge is 2.22. The molecule has 0 radical (unpaired) electrons. The van der Waals surface area contributed by atoms with Crippen molar-refractivity contribution < 1.29 is 4.79 Å². The number of nitrogens with zero attached hydrogens (tertiary/aromatic N) is 2. The minimum absolute atomic E-state index is 0.393. The smallest absolute Gasteiger partial charge is 0.319 e. The van der Waals surface area contributed by atoms with Crippen molar-refractivity contribution in [3.8, 4) is 0 Å². The first kappa shape index (κ1) is 14.4. The lowest BCUT2D eigenvalue weighted by atomic mass is 10.1. The molecule has 0 unspecified atom stereocenters. The number of aryl methyl sites for hydroxylation is 1. The predicted octanol–water partition coefficient (Wildman–Crippen LogP) is 2.70. The number of rotatable bonds is 4. The molecule has 2 amide bonds. The highest BCUT2D eigenvalue weighted by Crippen LogP contribution is 2.30. The van der Waals surface area contributed by atoms with E-state index < -0.39 is 6.03 Å². The lowest BCUT2D eigenvalue weighted by Crippen LogP contribution is -2.33.